The van der Waals surface area contributed by atoms with Crippen LogP contribution in [0.4, 0.5) is 0 Å². The summed E-state index contributed by atoms with van der Waals surface area (Å²) < 4.78 is 5.22. The molecule has 7 heteroatoms. The third kappa shape index (κ3) is 6.98. The summed E-state index contributed by atoms with van der Waals surface area (Å²) in [5.41, 5.74) is 1.29. The fourth-order valence-corrected chi connectivity index (χ4v) is 4.67. The molecule has 3 rings (SSSR count). The average Bonchev–Trinajstić information content (AvgIpc) is 2.71. The second-order valence-corrected chi connectivity index (χ2v) is 8.11. The van der Waals surface area contributed by atoms with Gasteiger partial charge in [0.15, 0.2) is 6.61 Å². The van der Waals surface area contributed by atoms with E-state index in [1.165, 1.54) is 5.56 Å². The van der Waals surface area contributed by atoms with Crippen molar-refractivity contribution in [1.29, 1.82) is 0 Å². The predicted octanol–water partition coefficient (Wildman–Crippen LogP) is 3.24. The van der Waals surface area contributed by atoms with Gasteiger partial charge < -0.3 is 15.2 Å². The largest absolute Gasteiger partial charge is 0.482 e. The summed E-state index contributed by atoms with van der Waals surface area (Å²) in [6.45, 7) is 4.06. The highest BCUT2D eigenvalue weighted by Crippen LogP contribution is 2.36. The van der Waals surface area contributed by atoms with Crippen LogP contribution in [0.25, 0.3) is 0 Å². The molecule has 0 unspecified atom stereocenters. The Morgan fingerprint density at radius 1 is 1.03 bits per heavy atom. The van der Waals surface area contributed by atoms with Gasteiger partial charge in [-0.3, -0.25) is 9.69 Å². The van der Waals surface area contributed by atoms with Gasteiger partial charge in [0.2, 0.25) is 0 Å². The molecule has 0 amide bonds. The van der Waals surface area contributed by atoms with Gasteiger partial charge in [-0.2, -0.15) is 0 Å². The predicted molar refractivity (Wildman–Crippen MR) is 115 cm³/mol. The lowest BCUT2D eigenvalue weighted by Gasteiger charge is -2.42. The number of carboxylic acid groups (broad SMARTS) is 1. The quantitative estimate of drug-likeness (QED) is 0.667. The van der Waals surface area contributed by atoms with E-state index in [0.717, 1.165) is 51.6 Å². The number of carbonyl (C=O) groups excluding carboxylic acids is 1. The lowest BCUT2D eigenvalue weighted by Crippen LogP contribution is -2.50. The highest BCUT2D eigenvalue weighted by atomic mass is 35.5. The van der Waals surface area contributed by atoms with Crippen molar-refractivity contribution in [3.05, 3.63) is 29.8 Å². The van der Waals surface area contributed by atoms with Crippen molar-refractivity contribution in [3.8, 4) is 5.75 Å². The molecule has 29 heavy (non-hydrogen) atoms. The summed E-state index contributed by atoms with van der Waals surface area (Å²) in [6, 6.07) is 8.87. The second kappa shape index (κ2) is 11.5. The van der Waals surface area contributed by atoms with Crippen LogP contribution in [0.15, 0.2) is 24.3 Å². The van der Waals surface area contributed by atoms with E-state index in [2.05, 4.69) is 22.3 Å². The summed E-state index contributed by atoms with van der Waals surface area (Å²) >= 11 is 0. The molecule has 1 aromatic carbocycles. The van der Waals surface area contributed by atoms with E-state index in [1.54, 1.807) is 6.92 Å². The highest BCUT2D eigenvalue weighted by Gasteiger charge is 2.32. The van der Waals surface area contributed by atoms with E-state index < -0.39 is 5.97 Å². The van der Waals surface area contributed by atoms with E-state index in [0.29, 0.717) is 30.3 Å². The lowest BCUT2D eigenvalue weighted by atomic mass is 9.80. The van der Waals surface area contributed by atoms with Crippen molar-refractivity contribution in [2.75, 3.05) is 26.2 Å². The van der Waals surface area contributed by atoms with Gasteiger partial charge in [-0.1, -0.05) is 12.1 Å². The molecule has 1 aromatic rings. The molecule has 0 spiro atoms. The number of halogens is 1. The standard InChI is InChI=1S/C22H32N2O4.ClH/c1-16(25)14-24(20-10-12-23-13-11-20)19-6-2-17(3-7-19)18-4-8-21(9-5-18)28-15-22(26)27;/h4-5,8-9,17,19-20,23H,2-3,6-7,10-15H2,1H3,(H,26,27);1H/t17-,19-;. The maximum Gasteiger partial charge on any atom is 0.341 e. The number of Topliss-reactive ketones (excluding diaryl/α,β-unsaturated/α-hetero) is 1. The molecule has 0 radical (unpaired) electrons. The van der Waals surface area contributed by atoms with Crippen molar-refractivity contribution in [2.24, 2.45) is 0 Å². The van der Waals surface area contributed by atoms with Crippen molar-refractivity contribution in [1.82, 2.24) is 10.2 Å². The Bertz CT molecular complexity index is 653. The first-order valence-electron chi connectivity index (χ1n) is 10.4. The van der Waals surface area contributed by atoms with Crippen LogP contribution in [0.2, 0.25) is 0 Å². The summed E-state index contributed by atoms with van der Waals surface area (Å²) in [7, 11) is 0. The molecule has 1 heterocycles. The molecular formula is C22H33ClN2O4. The van der Waals surface area contributed by atoms with Crippen LogP contribution in [0.3, 0.4) is 0 Å². The normalized spacial score (nSPS) is 22.7. The molecular weight excluding hydrogens is 392 g/mol. The first kappa shape index (κ1) is 23.6. The van der Waals surface area contributed by atoms with Crippen LogP contribution in [0.1, 0.15) is 56.9 Å². The minimum Gasteiger partial charge on any atom is -0.482 e. The van der Waals surface area contributed by atoms with Gasteiger partial charge in [0.05, 0.1) is 6.54 Å². The van der Waals surface area contributed by atoms with Crippen LogP contribution in [0, 0.1) is 0 Å². The Balaban J connectivity index is 0.00000300. The van der Waals surface area contributed by atoms with Gasteiger partial charge in [0.1, 0.15) is 11.5 Å². The van der Waals surface area contributed by atoms with Crippen LogP contribution in [-0.4, -0.2) is 60.1 Å². The molecule has 2 fully saturated rings. The number of ether oxygens (including phenoxy) is 1. The number of carboxylic acids is 1. The minimum atomic E-state index is -0.966. The Kier molecular flexibility index (Phi) is 9.40. The number of piperidine rings is 1. The molecule has 0 atom stereocenters. The third-order valence-electron chi connectivity index (χ3n) is 6.06. The molecule has 1 aliphatic carbocycles. The van der Waals surface area contributed by atoms with Crippen molar-refractivity contribution in [3.63, 3.8) is 0 Å². The number of benzene rings is 1. The fraction of sp³-hybridized carbons (Fsp3) is 0.636. The molecule has 2 aliphatic rings. The summed E-state index contributed by atoms with van der Waals surface area (Å²) in [5.74, 6) is 0.416. The molecule has 162 valence electrons. The van der Waals surface area contributed by atoms with Crippen molar-refractivity contribution >= 4 is 24.2 Å². The Hall–Kier alpha value is -1.63. The van der Waals surface area contributed by atoms with Crippen LogP contribution in [-0.2, 0) is 9.59 Å². The zero-order valence-electron chi connectivity index (χ0n) is 17.1. The molecule has 1 saturated carbocycles. The molecule has 1 aliphatic heterocycles. The number of hydrogen-bond donors (Lipinski definition) is 2. The lowest BCUT2D eigenvalue weighted by molar-refractivity contribution is -0.139. The van der Waals surface area contributed by atoms with E-state index in [1.807, 2.05) is 12.1 Å². The summed E-state index contributed by atoms with van der Waals surface area (Å²) in [5, 5.41) is 12.1. The van der Waals surface area contributed by atoms with Gasteiger partial charge in [0, 0.05) is 12.1 Å². The van der Waals surface area contributed by atoms with Crippen LogP contribution in [0.5, 0.6) is 5.75 Å². The number of ketones is 1. The molecule has 1 saturated heterocycles. The van der Waals surface area contributed by atoms with Crippen molar-refractivity contribution < 1.29 is 19.4 Å². The van der Waals surface area contributed by atoms with Gasteiger partial charge in [-0.15, -0.1) is 12.4 Å². The van der Waals surface area contributed by atoms with Gasteiger partial charge >= 0.3 is 5.97 Å². The molecule has 2 N–H and O–H groups in total. The summed E-state index contributed by atoms with van der Waals surface area (Å²) in [6.07, 6.45) is 6.76. The second-order valence-electron chi connectivity index (χ2n) is 8.11. The van der Waals surface area contributed by atoms with Gasteiger partial charge in [-0.25, -0.2) is 4.79 Å². The molecule has 6 nitrogen and oxygen atoms in total. The maximum absolute atomic E-state index is 11.8. The first-order valence-corrected chi connectivity index (χ1v) is 10.4. The smallest absolute Gasteiger partial charge is 0.341 e. The topological polar surface area (TPSA) is 78.9 Å². The Labute approximate surface area is 179 Å². The maximum atomic E-state index is 11.8. The Morgan fingerprint density at radius 2 is 1.62 bits per heavy atom. The highest BCUT2D eigenvalue weighted by molar-refractivity contribution is 5.85. The van der Waals surface area contributed by atoms with E-state index in [4.69, 9.17) is 9.84 Å². The van der Waals surface area contributed by atoms with E-state index >= 15 is 0 Å². The van der Waals surface area contributed by atoms with E-state index in [-0.39, 0.29) is 24.8 Å². The van der Waals surface area contributed by atoms with Crippen molar-refractivity contribution in [2.45, 2.75) is 63.5 Å². The number of aliphatic carboxylic acids is 1. The number of rotatable bonds is 8. The summed E-state index contributed by atoms with van der Waals surface area (Å²) in [4.78, 5) is 24.9. The number of carbonyl (C=O) groups is 2. The number of nitrogens with one attached hydrogen (secondary N) is 1. The average molecular weight is 425 g/mol. The minimum absolute atomic E-state index is 0. The van der Waals surface area contributed by atoms with Gasteiger partial charge in [0.25, 0.3) is 0 Å². The van der Waals surface area contributed by atoms with Gasteiger partial charge in [-0.05, 0) is 82.2 Å². The third-order valence-corrected chi connectivity index (χ3v) is 6.06. The molecule has 0 aromatic heterocycles. The van der Waals surface area contributed by atoms with Crippen LogP contribution >= 0.6 is 12.4 Å². The fourth-order valence-electron chi connectivity index (χ4n) is 4.67. The van der Waals surface area contributed by atoms with E-state index in [9.17, 15) is 9.59 Å². The zero-order valence-corrected chi connectivity index (χ0v) is 18.0. The first-order chi connectivity index (χ1) is 13.5. The Morgan fingerprint density at radius 3 is 2.17 bits per heavy atom. The zero-order chi connectivity index (χ0) is 19.9. The monoisotopic (exact) mass is 424 g/mol. The number of nitrogens with zero attached hydrogens (tertiary/aromatic N) is 1. The molecule has 0 bridgehead atoms. The van der Waals surface area contributed by atoms with Crippen LogP contribution < -0.4 is 10.1 Å². The SMILES string of the molecule is CC(=O)CN(C1CCNCC1)[C@H]1CC[C@H](c2ccc(OCC(=O)O)cc2)CC1.Cl. The number of hydrogen-bond acceptors (Lipinski definition) is 5.